The maximum absolute atomic E-state index is 12.2. The summed E-state index contributed by atoms with van der Waals surface area (Å²) in [5.41, 5.74) is -0.558. The molecule has 0 radical (unpaired) electrons. The lowest BCUT2D eigenvalue weighted by Gasteiger charge is -2.08. The van der Waals surface area contributed by atoms with Gasteiger partial charge in [0.2, 0.25) is 0 Å². The van der Waals surface area contributed by atoms with Crippen molar-refractivity contribution < 1.29 is 22.4 Å². The fraction of sp³-hybridized carbons (Fsp3) is 0.143. The number of nitro benzene ring substituents is 2. The molecule has 0 aliphatic heterocycles. The first-order valence-electron chi connectivity index (χ1n) is 6.56. The molecule has 0 N–H and O–H groups in total. The highest BCUT2D eigenvalue weighted by molar-refractivity contribution is 7.87. The first-order chi connectivity index (χ1) is 11.1. The van der Waals surface area contributed by atoms with Crippen LogP contribution in [0.4, 0.5) is 11.4 Å². The molecule has 2 aromatic carbocycles. The van der Waals surface area contributed by atoms with Gasteiger partial charge in [0.25, 0.3) is 11.4 Å². The Morgan fingerprint density at radius 3 is 1.79 bits per heavy atom. The Kier molecular flexibility index (Phi) is 4.51. The van der Waals surface area contributed by atoms with E-state index in [1.54, 1.807) is 19.1 Å². The van der Waals surface area contributed by atoms with Gasteiger partial charge in [-0.2, -0.15) is 8.42 Å². The normalized spacial score (nSPS) is 11.1. The molecule has 2 aromatic rings. The van der Waals surface area contributed by atoms with E-state index in [-0.39, 0.29) is 10.5 Å². The van der Waals surface area contributed by atoms with E-state index in [0.717, 1.165) is 17.7 Å². The maximum Gasteiger partial charge on any atom is 0.339 e. The molecule has 0 aromatic heterocycles. The molecule has 2 rings (SSSR count). The van der Waals surface area contributed by atoms with Crippen LogP contribution in [0.5, 0.6) is 5.75 Å². The van der Waals surface area contributed by atoms with Crippen LogP contribution in [-0.4, -0.2) is 18.3 Å². The monoisotopic (exact) mass is 352 g/mol. The molecule has 0 amide bonds. The van der Waals surface area contributed by atoms with Gasteiger partial charge in [0.05, 0.1) is 22.0 Å². The van der Waals surface area contributed by atoms with E-state index in [4.69, 9.17) is 4.18 Å². The molecule has 0 saturated heterocycles. The van der Waals surface area contributed by atoms with Crippen molar-refractivity contribution in [2.45, 2.75) is 18.7 Å². The summed E-state index contributed by atoms with van der Waals surface area (Å²) in [6.45, 7) is 2.97. The van der Waals surface area contributed by atoms with E-state index >= 15 is 0 Å². The number of benzene rings is 2. The Labute approximate surface area is 136 Å². The molecule has 9 nitrogen and oxygen atoms in total. The van der Waals surface area contributed by atoms with Gasteiger partial charge >= 0.3 is 10.1 Å². The van der Waals surface area contributed by atoms with E-state index in [0.29, 0.717) is 0 Å². The van der Waals surface area contributed by atoms with E-state index in [9.17, 15) is 28.6 Å². The molecule has 0 fully saturated rings. The molecule has 0 bridgehead atoms. The van der Waals surface area contributed by atoms with Gasteiger partial charge in [-0.05, 0) is 26.0 Å². The van der Waals surface area contributed by atoms with Gasteiger partial charge in [0, 0.05) is 0 Å². The van der Waals surface area contributed by atoms with Gasteiger partial charge in [-0.25, -0.2) is 0 Å². The van der Waals surface area contributed by atoms with Gasteiger partial charge in [-0.3, -0.25) is 20.2 Å². The fourth-order valence-electron chi connectivity index (χ4n) is 1.97. The minimum Gasteiger partial charge on any atom is -0.378 e. The van der Waals surface area contributed by atoms with Crippen LogP contribution in [0.25, 0.3) is 0 Å². The SMILES string of the molecule is Cc1ccc(S(=O)(=O)Oc2cc([N+](=O)[O-])c(C)c([N+](=O)[O-])c2)cc1. The molecule has 0 unspecified atom stereocenters. The number of nitro groups is 2. The largest absolute Gasteiger partial charge is 0.378 e. The van der Waals surface area contributed by atoms with Crippen molar-refractivity contribution in [3.05, 3.63) is 67.8 Å². The average molecular weight is 352 g/mol. The summed E-state index contributed by atoms with van der Waals surface area (Å²) in [6, 6.07) is 7.40. The van der Waals surface area contributed by atoms with Gasteiger partial charge < -0.3 is 4.18 Å². The Bertz CT molecular complexity index is 886. The maximum atomic E-state index is 12.2. The molecular formula is C14H12N2O7S. The van der Waals surface area contributed by atoms with Crippen LogP contribution in [-0.2, 0) is 10.1 Å². The van der Waals surface area contributed by atoms with Crippen molar-refractivity contribution in [3.8, 4) is 5.75 Å². The second-order valence-corrected chi connectivity index (χ2v) is 6.50. The summed E-state index contributed by atoms with van der Waals surface area (Å²) in [5.74, 6) is -0.500. The smallest absolute Gasteiger partial charge is 0.339 e. The second kappa shape index (κ2) is 6.24. The third-order valence-corrected chi connectivity index (χ3v) is 4.50. The van der Waals surface area contributed by atoms with E-state index in [2.05, 4.69) is 0 Å². The van der Waals surface area contributed by atoms with Crippen molar-refractivity contribution in [1.29, 1.82) is 0 Å². The first-order valence-corrected chi connectivity index (χ1v) is 7.97. The third kappa shape index (κ3) is 3.49. The van der Waals surface area contributed by atoms with Crippen molar-refractivity contribution in [2.24, 2.45) is 0 Å². The molecule has 10 heteroatoms. The molecule has 0 spiro atoms. The minimum absolute atomic E-state index is 0.168. The van der Waals surface area contributed by atoms with E-state index in [1.165, 1.54) is 19.1 Å². The molecule has 0 saturated carbocycles. The Morgan fingerprint density at radius 2 is 1.38 bits per heavy atom. The molecule has 0 aliphatic carbocycles. The van der Waals surface area contributed by atoms with E-state index in [1.807, 2.05) is 0 Å². The summed E-state index contributed by atoms with van der Waals surface area (Å²) in [6.07, 6.45) is 0. The zero-order chi connectivity index (χ0) is 18.1. The standard InChI is InChI=1S/C14H12N2O7S/c1-9-3-5-12(6-4-9)24(21,22)23-11-7-13(15(17)18)10(2)14(8-11)16(19)20/h3-8H,1-2H3. The number of hydrogen-bond acceptors (Lipinski definition) is 7. The topological polar surface area (TPSA) is 130 Å². The molecule has 0 atom stereocenters. The predicted octanol–water partition coefficient (Wildman–Crippen LogP) is 2.89. The highest BCUT2D eigenvalue weighted by atomic mass is 32.2. The van der Waals surface area contributed by atoms with Crippen molar-refractivity contribution in [1.82, 2.24) is 0 Å². The number of aryl methyl sites for hydroxylation is 1. The third-order valence-electron chi connectivity index (χ3n) is 3.24. The van der Waals surface area contributed by atoms with Crippen LogP contribution >= 0.6 is 0 Å². The number of rotatable bonds is 5. The van der Waals surface area contributed by atoms with Crippen molar-refractivity contribution in [2.75, 3.05) is 0 Å². The first kappa shape index (κ1) is 17.3. The molecule has 0 heterocycles. The van der Waals surface area contributed by atoms with Crippen molar-refractivity contribution >= 4 is 21.5 Å². The van der Waals surface area contributed by atoms with Gasteiger partial charge in [0.1, 0.15) is 10.5 Å². The van der Waals surface area contributed by atoms with E-state index < -0.39 is 37.1 Å². The Morgan fingerprint density at radius 1 is 0.917 bits per heavy atom. The quantitative estimate of drug-likeness (QED) is 0.459. The molecule has 126 valence electrons. The lowest BCUT2D eigenvalue weighted by atomic mass is 10.1. The highest BCUT2D eigenvalue weighted by Crippen LogP contribution is 2.34. The molecular weight excluding hydrogens is 340 g/mol. The molecule has 24 heavy (non-hydrogen) atoms. The number of nitrogens with zero attached hydrogens (tertiary/aromatic N) is 2. The predicted molar refractivity (Wildman–Crippen MR) is 83.5 cm³/mol. The Hall–Kier alpha value is -3.01. The van der Waals surface area contributed by atoms with Gasteiger partial charge in [-0.1, -0.05) is 17.7 Å². The highest BCUT2D eigenvalue weighted by Gasteiger charge is 2.26. The zero-order valence-corrected chi connectivity index (χ0v) is 13.4. The molecule has 0 aliphatic rings. The van der Waals surface area contributed by atoms with Crippen LogP contribution in [0.1, 0.15) is 11.1 Å². The zero-order valence-electron chi connectivity index (χ0n) is 12.6. The van der Waals surface area contributed by atoms with Gasteiger partial charge in [-0.15, -0.1) is 0 Å². The van der Waals surface area contributed by atoms with Crippen LogP contribution < -0.4 is 4.18 Å². The summed E-state index contributed by atoms with van der Waals surface area (Å²) in [4.78, 5) is 20.2. The van der Waals surface area contributed by atoms with Crippen molar-refractivity contribution in [3.63, 3.8) is 0 Å². The summed E-state index contributed by atoms with van der Waals surface area (Å²) < 4.78 is 29.2. The lowest BCUT2D eigenvalue weighted by Crippen LogP contribution is -2.10. The van der Waals surface area contributed by atoms with Crippen LogP contribution in [0.3, 0.4) is 0 Å². The summed E-state index contributed by atoms with van der Waals surface area (Å²) in [7, 11) is -4.27. The van der Waals surface area contributed by atoms with Gasteiger partial charge in [0.15, 0.2) is 5.75 Å². The summed E-state index contributed by atoms with van der Waals surface area (Å²) >= 11 is 0. The minimum atomic E-state index is -4.27. The Balaban J connectivity index is 2.51. The number of hydrogen-bond donors (Lipinski definition) is 0. The summed E-state index contributed by atoms with van der Waals surface area (Å²) in [5, 5.41) is 22.0. The van der Waals surface area contributed by atoms with Crippen LogP contribution in [0, 0.1) is 34.1 Å². The van der Waals surface area contributed by atoms with Crippen LogP contribution in [0.2, 0.25) is 0 Å². The fourth-order valence-corrected chi connectivity index (χ4v) is 2.88. The average Bonchev–Trinajstić information content (AvgIpc) is 2.48. The second-order valence-electron chi connectivity index (χ2n) is 4.95. The van der Waals surface area contributed by atoms with Crippen LogP contribution in [0.15, 0.2) is 41.3 Å². The lowest BCUT2D eigenvalue weighted by molar-refractivity contribution is -0.395.